The van der Waals surface area contributed by atoms with Crippen molar-refractivity contribution in [1.82, 2.24) is 10.2 Å². The molecule has 0 radical (unpaired) electrons. The van der Waals surface area contributed by atoms with Crippen LogP contribution in [0.5, 0.6) is 5.75 Å². The van der Waals surface area contributed by atoms with Crippen molar-refractivity contribution in [2.45, 2.75) is 13.0 Å². The molecular formula is C17H22N2OS. The lowest BCUT2D eigenvalue weighted by Gasteiger charge is -2.35. The number of rotatable bonds is 4. The Balaban J connectivity index is 1.96. The van der Waals surface area contributed by atoms with E-state index in [1.165, 1.54) is 16.0 Å². The van der Waals surface area contributed by atoms with E-state index >= 15 is 0 Å². The molecule has 3 rings (SSSR count). The number of nitrogens with one attached hydrogen (secondary N) is 1. The van der Waals surface area contributed by atoms with E-state index in [0.717, 1.165) is 31.9 Å². The summed E-state index contributed by atoms with van der Waals surface area (Å²) in [5.74, 6) is 0.962. The Morgan fingerprint density at radius 2 is 2.05 bits per heavy atom. The second-order valence-corrected chi connectivity index (χ2v) is 6.41. The summed E-state index contributed by atoms with van der Waals surface area (Å²) in [7, 11) is 1.73. The standard InChI is InChI=1S/C17H22N2OS/c1-13-12-14(5-6-15(13)20-2)17(16-4-3-11-21-16)19-9-7-18-8-10-19/h3-6,11-12,17-18H,7-10H2,1-2H3/t17-/m0/s1. The summed E-state index contributed by atoms with van der Waals surface area (Å²) in [6, 6.07) is 11.3. The van der Waals surface area contributed by atoms with E-state index < -0.39 is 0 Å². The molecule has 0 amide bonds. The molecule has 1 atom stereocenters. The summed E-state index contributed by atoms with van der Waals surface area (Å²) >= 11 is 1.84. The molecule has 0 unspecified atom stereocenters. The summed E-state index contributed by atoms with van der Waals surface area (Å²) in [6.07, 6.45) is 0. The maximum absolute atomic E-state index is 5.39. The topological polar surface area (TPSA) is 24.5 Å². The predicted octanol–water partition coefficient (Wildman–Crippen LogP) is 3.06. The third-order valence-corrected chi connectivity index (χ3v) is 4.99. The lowest BCUT2D eigenvalue weighted by molar-refractivity contribution is 0.200. The molecule has 3 nitrogen and oxygen atoms in total. The summed E-state index contributed by atoms with van der Waals surface area (Å²) in [5.41, 5.74) is 2.56. The molecule has 0 spiro atoms. The summed E-state index contributed by atoms with van der Waals surface area (Å²) in [4.78, 5) is 3.99. The van der Waals surface area contributed by atoms with Crippen LogP contribution in [0.15, 0.2) is 35.7 Å². The molecule has 0 saturated carbocycles. The van der Waals surface area contributed by atoms with E-state index in [9.17, 15) is 0 Å². The van der Waals surface area contributed by atoms with E-state index in [4.69, 9.17) is 4.74 Å². The molecule has 0 aliphatic carbocycles. The molecule has 1 fully saturated rings. The molecule has 1 saturated heterocycles. The van der Waals surface area contributed by atoms with Crippen LogP contribution in [0, 0.1) is 6.92 Å². The average molecular weight is 302 g/mol. The van der Waals surface area contributed by atoms with Crippen molar-refractivity contribution in [3.8, 4) is 5.75 Å². The highest BCUT2D eigenvalue weighted by Crippen LogP contribution is 2.34. The molecule has 2 heterocycles. The van der Waals surface area contributed by atoms with Gasteiger partial charge in [0.1, 0.15) is 5.75 Å². The van der Waals surface area contributed by atoms with Gasteiger partial charge in [-0.3, -0.25) is 4.90 Å². The first kappa shape index (κ1) is 14.6. The monoisotopic (exact) mass is 302 g/mol. The van der Waals surface area contributed by atoms with Crippen molar-refractivity contribution < 1.29 is 4.74 Å². The zero-order chi connectivity index (χ0) is 14.7. The van der Waals surface area contributed by atoms with Gasteiger partial charge in [-0.15, -0.1) is 11.3 Å². The number of nitrogens with zero attached hydrogens (tertiary/aromatic N) is 1. The molecule has 2 aromatic rings. The Labute approximate surface area is 130 Å². The first-order valence-electron chi connectivity index (χ1n) is 7.42. The van der Waals surface area contributed by atoms with Gasteiger partial charge in [0.15, 0.2) is 0 Å². The van der Waals surface area contributed by atoms with E-state index in [-0.39, 0.29) is 0 Å². The van der Waals surface area contributed by atoms with E-state index in [0.29, 0.717) is 6.04 Å². The van der Waals surface area contributed by atoms with Gasteiger partial charge in [-0.25, -0.2) is 0 Å². The van der Waals surface area contributed by atoms with Crippen molar-refractivity contribution in [3.63, 3.8) is 0 Å². The van der Waals surface area contributed by atoms with Gasteiger partial charge in [0.2, 0.25) is 0 Å². The molecule has 1 aliphatic heterocycles. The number of ether oxygens (including phenoxy) is 1. The molecule has 1 N–H and O–H groups in total. The van der Waals surface area contributed by atoms with Gasteiger partial charge in [-0.05, 0) is 35.6 Å². The minimum absolute atomic E-state index is 0.358. The smallest absolute Gasteiger partial charge is 0.121 e. The van der Waals surface area contributed by atoms with Crippen LogP contribution in [-0.4, -0.2) is 38.2 Å². The lowest BCUT2D eigenvalue weighted by Crippen LogP contribution is -2.45. The molecule has 1 aliphatic rings. The van der Waals surface area contributed by atoms with Crippen LogP contribution in [0.3, 0.4) is 0 Å². The second kappa shape index (κ2) is 6.60. The summed E-state index contributed by atoms with van der Waals surface area (Å²) in [6.45, 7) is 6.43. The Bertz CT molecular complexity index is 576. The Morgan fingerprint density at radius 3 is 2.67 bits per heavy atom. The first-order chi connectivity index (χ1) is 10.3. The van der Waals surface area contributed by atoms with Crippen molar-refractivity contribution in [2.24, 2.45) is 0 Å². The van der Waals surface area contributed by atoms with Crippen molar-refractivity contribution in [3.05, 3.63) is 51.7 Å². The van der Waals surface area contributed by atoms with Crippen LogP contribution in [0.1, 0.15) is 22.0 Å². The normalized spacial score (nSPS) is 17.6. The maximum Gasteiger partial charge on any atom is 0.121 e. The number of benzene rings is 1. The van der Waals surface area contributed by atoms with Gasteiger partial charge < -0.3 is 10.1 Å². The fourth-order valence-electron chi connectivity index (χ4n) is 3.01. The van der Waals surface area contributed by atoms with E-state index in [1.54, 1.807) is 7.11 Å². The zero-order valence-corrected chi connectivity index (χ0v) is 13.5. The molecule has 21 heavy (non-hydrogen) atoms. The largest absolute Gasteiger partial charge is 0.496 e. The first-order valence-corrected chi connectivity index (χ1v) is 8.30. The number of thiophene rings is 1. The van der Waals surface area contributed by atoms with Gasteiger partial charge in [-0.1, -0.05) is 18.2 Å². The third-order valence-electron chi connectivity index (χ3n) is 4.06. The molecule has 0 bridgehead atoms. The molecular weight excluding hydrogens is 280 g/mol. The minimum atomic E-state index is 0.358. The number of hydrogen-bond donors (Lipinski definition) is 1. The Kier molecular flexibility index (Phi) is 4.58. The van der Waals surface area contributed by atoms with Gasteiger partial charge >= 0.3 is 0 Å². The lowest BCUT2D eigenvalue weighted by atomic mass is 10.00. The van der Waals surface area contributed by atoms with Gasteiger partial charge in [0.25, 0.3) is 0 Å². The fourth-order valence-corrected chi connectivity index (χ4v) is 3.90. The SMILES string of the molecule is COc1ccc([C@@H](c2cccs2)N2CCNCC2)cc1C. The quantitative estimate of drug-likeness (QED) is 0.939. The van der Waals surface area contributed by atoms with Crippen LogP contribution in [0.2, 0.25) is 0 Å². The Hall–Kier alpha value is -1.36. The van der Waals surface area contributed by atoms with Crippen molar-refractivity contribution in [1.29, 1.82) is 0 Å². The van der Waals surface area contributed by atoms with E-state index in [1.807, 2.05) is 11.3 Å². The molecule has 1 aromatic carbocycles. The second-order valence-electron chi connectivity index (χ2n) is 5.43. The highest BCUT2D eigenvalue weighted by Gasteiger charge is 2.25. The average Bonchev–Trinajstić information content (AvgIpc) is 3.03. The van der Waals surface area contributed by atoms with Crippen LogP contribution < -0.4 is 10.1 Å². The Morgan fingerprint density at radius 1 is 1.24 bits per heavy atom. The molecule has 1 aromatic heterocycles. The van der Waals surface area contributed by atoms with Gasteiger partial charge in [0, 0.05) is 31.1 Å². The number of piperazine rings is 1. The maximum atomic E-state index is 5.39. The summed E-state index contributed by atoms with van der Waals surface area (Å²) in [5, 5.41) is 5.61. The highest BCUT2D eigenvalue weighted by atomic mass is 32.1. The fraction of sp³-hybridized carbons (Fsp3) is 0.412. The van der Waals surface area contributed by atoms with Crippen LogP contribution in [-0.2, 0) is 0 Å². The van der Waals surface area contributed by atoms with E-state index in [2.05, 4.69) is 52.9 Å². The van der Waals surface area contributed by atoms with Crippen molar-refractivity contribution >= 4 is 11.3 Å². The number of hydrogen-bond acceptors (Lipinski definition) is 4. The highest BCUT2D eigenvalue weighted by molar-refractivity contribution is 7.10. The van der Waals surface area contributed by atoms with Crippen LogP contribution >= 0.6 is 11.3 Å². The van der Waals surface area contributed by atoms with Crippen molar-refractivity contribution in [2.75, 3.05) is 33.3 Å². The van der Waals surface area contributed by atoms with Crippen LogP contribution in [0.25, 0.3) is 0 Å². The zero-order valence-electron chi connectivity index (χ0n) is 12.6. The van der Waals surface area contributed by atoms with Gasteiger partial charge in [-0.2, -0.15) is 0 Å². The van der Waals surface area contributed by atoms with Gasteiger partial charge in [0.05, 0.1) is 13.2 Å². The molecule has 112 valence electrons. The summed E-state index contributed by atoms with van der Waals surface area (Å²) < 4.78 is 5.39. The number of methoxy groups -OCH3 is 1. The minimum Gasteiger partial charge on any atom is -0.496 e. The third kappa shape index (κ3) is 3.12. The predicted molar refractivity (Wildman–Crippen MR) is 88.3 cm³/mol. The van der Waals surface area contributed by atoms with Crippen LogP contribution in [0.4, 0.5) is 0 Å². The molecule has 4 heteroatoms. The number of aryl methyl sites for hydroxylation is 1.